The Bertz CT molecular complexity index is 4350. The number of fused-ring (bicyclic) bond motifs is 14. The average Bonchev–Trinajstić information content (AvgIpc) is 1.54. The Labute approximate surface area is 667 Å². The third-order valence-corrected chi connectivity index (χ3v) is 23.6. The van der Waals surface area contributed by atoms with Crippen molar-refractivity contribution in [3.63, 3.8) is 0 Å². The molecule has 2 unspecified atom stereocenters. The summed E-state index contributed by atoms with van der Waals surface area (Å²) in [5.74, 6) is -1.82. The van der Waals surface area contributed by atoms with Crippen LogP contribution in [0.15, 0.2) is 48.6 Å². The molecular formula is C83H104Cl2N6O21S. The molecular weight excluding hydrogens is 1520 g/mol. The van der Waals surface area contributed by atoms with Crippen LogP contribution in [0, 0.1) is 23.7 Å². The molecule has 2 spiro atoms. The molecule has 16 rings (SSSR count). The van der Waals surface area contributed by atoms with Gasteiger partial charge in [0.05, 0.1) is 90.1 Å². The molecule has 27 nitrogen and oxygen atoms in total. The molecule has 4 saturated carbocycles. The SMILES string of the molecule is CCOC(=O)[C@@]12C[C@H]1/C=C\CCCCC[C@H](CC(=O)OC(C)(C)C)C(=O)N1C[C@@]3(CC(Cl)c4c(c(C5CC5)nc5ccc6c(c45)OCO6)O3)C[C@H]1C(=O)N2.CCOC(=O)[C@@]12C[C@H]1/C=C\CCCCC[C@H](CC(=O)OC(C)(C)C)C(=O)N1C[C@@]3(CC(O)c4c(c(C5CC5)nc5ccc6c(c45)OCO6)O3)C[C@H]1C(=O)N2.CS(=O)(=O)Cl. The van der Waals surface area contributed by atoms with Crippen molar-refractivity contribution >= 4 is 101 Å². The van der Waals surface area contributed by atoms with Crippen molar-refractivity contribution in [2.45, 2.75) is 266 Å². The number of nitrogens with one attached hydrogen (secondary N) is 2. The molecule has 6 fully saturated rings. The van der Waals surface area contributed by atoms with Crippen molar-refractivity contribution in [2.24, 2.45) is 23.7 Å². The number of rotatable bonds is 10. The van der Waals surface area contributed by atoms with Gasteiger partial charge in [-0.25, -0.2) is 28.0 Å². The number of hydrogen-bond donors (Lipinski definition) is 3. The van der Waals surface area contributed by atoms with Gasteiger partial charge in [0.15, 0.2) is 23.0 Å². The van der Waals surface area contributed by atoms with Gasteiger partial charge in [-0.05, 0) is 157 Å². The number of carbonyl (C=O) groups is 8. The Balaban J connectivity index is 0.000000177. The number of carbonyl (C=O) groups excluding carboxylic acids is 8. The van der Waals surface area contributed by atoms with Gasteiger partial charge in [-0.1, -0.05) is 50.0 Å². The van der Waals surface area contributed by atoms with Crippen LogP contribution in [0.3, 0.4) is 0 Å². The van der Waals surface area contributed by atoms with Gasteiger partial charge in [0.2, 0.25) is 46.3 Å². The van der Waals surface area contributed by atoms with E-state index in [9.17, 15) is 51.9 Å². The average molecular weight is 1620 g/mol. The van der Waals surface area contributed by atoms with Crippen LogP contribution in [0.25, 0.3) is 21.8 Å². The third-order valence-electron chi connectivity index (χ3n) is 23.3. The maximum Gasteiger partial charge on any atom is 0.332 e. The molecule has 113 heavy (non-hydrogen) atoms. The number of amides is 4. The molecule has 612 valence electrons. The van der Waals surface area contributed by atoms with Crippen LogP contribution in [0.5, 0.6) is 34.5 Å². The number of pyridine rings is 2. The van der Waals surface area contributed by atoms with Gasteiger partial charge in [-0.3, -0.25) is 28.8 Å². The highest BCUT2D eigenvalue weighted by atomic mass is 35.7. The lowest BCUT2D eigenvalue weighted by Crippen LogP contribution is -2.54. The molecule has 30 heteroatoms. The maximum atomic E-state index is 14.9. The number of esters is 4. The van der Waals surface area contributed by atoms with Gasteiger partial charge in [-0.15, -0.1) is 11.6 Å². The van der Waals surface area contributed by atoms with Crippen LogP contribution in [-0.2, 0) is 66.4 Å². The summed E-state index contributed by atoms with van der Waals surface area (Å²) in [6.07, 6.45) is 20.3. The highest BCUT2D eigenvalue weighted by Gasteiger charge is 2.66. The monoisotopic (exact) mass is 1620 g/mol. The van der Waals surface area contributed by atoms with Crippen molar-refractivity contribution in [1.82, 2.24) is 30.4 Å². The van der Waals surface area contributed by atoms with Crippen LogP contribution in [0.1, 0.15) is 242 Å². The number of aromatic nitrogens is 2. The zero-order valence-electron chi connectivity index (χ0n) is 65.8. The molecule has 4 aliphatic carbocycles. The van der Waals surface area contributed by atoms with Crippen LogP contribution in [0.2, 0.25) is 0 Å². The van der Waals surface area contributed by atoms with E-state index in [0.29, 0.717) is 89.5 Å². The number of benzene rings is 2. The molecule has 3 N–H and O–H groups in total. The van der Waals surface area contributed by atoms with Crippen molar-refractivity contribution in [3.05, 3.63) is 71.1 Å². The van der Waals surface area contributed by atoms with E-state index in [1.165, 1.54) is 4.90 Å². The number of aliphatic hydroxyl groups is 1. The summed E-state index contributed by atoms with van der Waals surface area (Å²) in [7, 11) is 1.31. The van der Waals surface area contributed by atoms with Gasteiger partial charge in [0.1, 0.15) is 57.1 Å². The van der Waals surface area contributed by atoms with Crippen molar-refractivity contribution in [2.75, 3.05) is 46.1 Å². The minimum Gasteiger partial charge on any atom is -0.483 e. The molecule has 2 aromatic carbocycles. The number of halogens is 2. The fourth-order valence-electron chi connectivity index (χ4n) is 17.7. The van der Waals surface area contributed by atoms with Crippen LogP contribution >= 0.6 is 22.3 Å². The topological polar surface area (TPSA) is 340 Å². The molecule has 10 heterocycles. The summed E-state index contributed by atoms with van der Waals surface area (Å²) in [5.41, 5.74) is -1.78. The van der Waals surface area contributed by atoms with E-state index >= 15 is 0 Å². The van der Waals surface area contributed by atoms with E-state index in [2.05, 4.69) is 27.4 Å². The lowest BCUT2D eigenvalue weighted by Gasteiger charge is -2.39. The van der Waals surface area contributed by atoms with Crippen molar-refractivity contribution < 1.29 is 99.2 Å². The summed E-state index contributed by atoms with van der Waals surface area (Å²) in [4.78, 5) is 125. The fraction of sp³-hybridized carbons (Fsp3) is 0.639. The van der Waals surface area contributed by atoms with Gasteiger partial charge < -0.3 is 72.9 Å². The number of hydrogen-bond acceptors (Lipinski definition) is 23. The Morgan fingerprint density at radius 3 is 1.41 bits per heavy atom. The van der Waals surface area contributed by atoms with Crippen molar-refractivity contribution in [1.29, 1.82) is 0 Å². The molecule has 2 saturated heterocycles. The van der Waals surface area contributed by atoms with Gasteiger partial charge in [0, 0.05) is 83.0 Å². The van der Waals surface area contributed by atoms with E-state index in [0.717, 1.165) is 105 Å². The molecule has 12 atom stereocenters. The molecule has 8 aliphatic heterocycles. The second-order valence-electron chi connectivity index (χ2n) is 34.5. The summed E-state index contributed by atoms with van der Waals surface area (Å²) in [6, 6.07) is 5.42. The Kier molecular flexibility index (Phi) is 22.9. The third kappa shape index (κ3) is 17.5. The lowest BCUT2D eigenvalue weighted by atomic mass is 9.84. The first-order valence-corrected chi connectivity index (χ1v) is 43.3. The zero-order valence-corrected chi connectivity index (χ0v) is 68.1. The smallest absolute Gasteiger partial charge is 0.332 e. The largest absolute Gasteiger partial charge is 0.483 e. The Morgan fingerprint density at radius 2 is 0.991 bits per heavy atom. The zero-order chi connectivity index (χ0) is 80.5. The minimum absolute atomic E-state index is 0.00434. The predicted molar refractivity (Wildman–Crippen MR) is 414 cm³/mol. The molecule has 0 bridgehead atoms. The normalized spacial score (nSPS) is 30.4. The lowest BCUT2D eigenvalue weighted by molar-refractivity contribution is -0.159. The molecule has 12 aliphatic rings. The number of ether oxygens (including phenoxy) is 10. The molecule has 4 aromatic rings. The quantitative estimate of drug-likeness (QED) is 0.0436. The maximum absolute atomic E-state index is 14.9. The summed E-state index contributed by atoms with van der Waals surface area (Å²) in [6.45, 7) is 14.8. The van der Waals surface area contributed by atoms with E-state index in [4.69, 9.17) is 68.9 Å². The van der Waals surface area contributed by atoms with Crippen LogP contribution < -0.4 is 39.1 Å². The van der Waals surface area contributed by atoms with Crippen LogP contribution in [0.4, 0.5) is 0 Å². The highest BCUT2D eigenvalue weighted by molar-refractivity contribution is 8.13. The van der Waals surface area contributed by atoms with Gasteiger partial charge in [0.25, 0.3) is 0 Å². The van der Waals surface area contributed by atoms with E-state index in [1.807, 2.05) is 42.5 Å². The molecule has 2 aromatic heterocycles. The second-order valence-corrected chi connectivity index (χ2v) is 38.1. The highest BCUT2D eigenvalue weighted by Crippen LogP contribution is 2.60. The first kappa shape index (κ1) is 81.4. The summed E-state index contributed by atoms with van der Waals surface area (Å²) in [5, 5.41) is 19.1. The summed E-state index contributed by atoms with van der Waals surface area (Å²) < 4.78 is 78.4. The van der Waals surface area contributed by atoms with E-state index in [1.54, 1.807) is 60.3 Å². The first-order valence-electron chi connectivity index (χ1n) is 40.1. The van der Waals surface area contributed by atoms with Gasteiger partial charge >= 0.3 is 23.9 Å². The molecule has 4 amide bonds. The fourth-order valence-corrected chi connectivity index (χ4v) is 18.2. The summed E-state index contributed by atoms with van der Waals surface area (Å²) >= 11 is 7.43. The Morgan fingerprint density at radius 1 is 0.575 bits per heavy atom. The number of nitrogens with zero attached hydrogens (tertiary/aromatic N) is 4. The van der Waals surface area contributed by atoms with E-state index < -0.39 is 114 Å². The number of aliphatic hydroxyl groups excluding tert-OH is 1. The predicted octanol–water partition coefficient (Wildman–Crippen LogP) is 12.0. The van der Waals surface area contributed by atoms with Crippen molar-refractivity contribution in [3.8, 4) is 34.5 Å². The second kappa shape index (κ2) is 31.8. The van der Waals surface area contributed by atoms with E-state index in [-0.39, 0.29) is 107 Å². The first-order chi connectivity index (χ1) is 53.6. The number of allylic oxidation sites excluding steroid dienone is 2. The van der Waals surface area contributed by atoms with Gasteiger partial charge in [-0.2, -0.15) is 0 Å². The molecule has 0 radical (unpaired) electrons. The van der Waals surface area contributed by atoms with Crippen LogP contribution in [-0.4, -0.2) is 173 Å². The Hall–Kier alpha value is -8.21. The standard InChI is InChI=1S/C41H50ClN3O9.C41H51N3O10.CH3ClO2S/c1-5-50-38(49)41-18-25(41)12-10-8-6-7-9-11-24(17-30(46)53-39(2,3)4)37(48)45-21-40(20-28(45)36(47)44-41)19-26(42)31-32-27(15-16-29-34(32)52-22-51-29)43-33(23-13-14-23)35(31)54-40;1-5-50-38(49)41-18-25(41)12-10-8-6-7-9-11-24(17-30(46)53-39(2,3)4)37(48)44-21-40(19-27(44)36(47)43-41)20-28(45)32-31-26(15-16-29-34(31)52-22-51-29)42-33(23-13-14-23)35(32)54-40;1-5(2,3)4/h10,12,15-16,23-26,28H,5-9,11,13-14,17-22H2,1-4H3,(H,44,47);10,12,15-16,23-25,27-28,45H,5-9,11,13-14,17-22H2,1-4H3,(H,43,47);1H3/b2*12-10-;/t24-,25-,26?,28+,40-,41-;24-,25-,27+,28?,40+,41-;/m11./s1. The minimum atomic E-state index is -3.19. The number of alkyl halides is 1.